The molecule has 6 nitrogen and oxygen atoms in total. The van der Waals surface area contributed by atoms with Gasteiger partial charge in [-0.05, 0) is 19.3 Å². The zero-order chi connectivity index (χ0) is 13.3. The fraction of sp³-hybridized carbons (Fsp3) is 0.750. The SMILES string of the molecule is CC(=O)O[C@@H]1[C@@H](OC(C)=O)C(=O)N2CCCC[C@@H]12. The van der Waals surface area contributed by atoms with Gasteiger partial charge in [0.2, 0.25) is 6.10 Å². The van der Waals surface area contributed by atoms with Gasteiger partial charge in [0.1, 0.15) is 0 Å². The molecule has 2 heterocycles. The van der Waals surface area contributed by atoms with Crippen molar-refractivity contribution >= 4 is 17.8 Å². The van der Waals surface area contributed by atoms with Gasteiger partial charge in [0.05, 0.1) is 6.04 Å². The standard InChI is InChI=1S/C12H17NO5/c1-7(14)17-10-9-5-3-4-6-13(9)12(16)11(10)18-8(2)15/h9-11H,3-6H2,1-2H3/t9-,10-,11+/m0/s1. The molecule has 0 aliphatic carbocycles. The van der Waals surface area contributed by atoms with E-state index in [2.05, 4.69) is 0 Å². The highest BCUT2D eigenvalue weighted by Gasteiger charge is 2.52. The fourth-order valence-corrected chi connectivity index (χ4v) is 2.71. The maximum Gasteiger partial charge on any atom is 0.303 e. The summed E-state index contributed by atoms with van der Waals surface area (Å²) in [5, 5.41) is 0. The summed E-state index contributed by atoms with van der Waals surface area (Å²) in [4.78, 5) is 36.0. The fourth-order valence-electron chi connectivity index (χ4n) is 2.71. The number of hydrogen-bond donors (Lipinski definition) is 0. The molecule has 0 spiro atoms. The van der Waals surface area contributed by atoms with E-state index in [0.29, 0.717) is 6.54 Å². The maximum atomic E-state index is 12.1. The number of hydrogen-bond acceptors (Lipinski definition) is 5. The van der Waals surface area contributed by atoms with Gasteiger partial charge in [-0.25, -0.2) is 0 Å². The molecule has 100 valence electrons. The Bertz CT molecular complexity index is 381. The molecule has 0 aromatic heterocycles. The monoisotopic (exact) mass is 255 g/mol. The zero-order valence-electron chi connectivity index (χ0n) is 10.5. The third-order valence-corrected chi connectivity index (χ3v) is 3.35. The van der Waals surface area contributed by atoms with E-state index in [0.717, 1.165) is 19.3 Å². The van der Waals surface area contributed by atoms with Crippen LogP contribution in [-0.2, 0) is 23.9 Å². The van der Waals surface area contributed by atoms with Crippen LogP contribution in [0.3, 0.4) is 0 Å². The van der Waals surface area contributed by atoms with E-state index in [1.54, 1.807) is 4.90 Å². The van der Waals surface area contributed by atoms with E-state index in [-0.39, 0.29) is 11.9 Å². The summed E-state index contributed by atoms with van der Waals surface area (Å²) in [6.07, 6.45) is 1.05. The molecule has 0 bridgehead atoms. The first kappa shape index (κ1) is 12.9. The minimum Gasteiger partial charge on any atom is -0.456 e. The lowest BCUT2D eigenvalue weighted by Gasteiger charge is -2.31. The van der Waals surface area contributed by atoms with Crippen molar-refractivity contribution in [2.45, 2.75) is 51.4 Å². The molecule has 2 aliphatic rings. The number of rotatable bonds is 2. The Labute approximate surface area is 105 Å². The summed E-state index contributed by atoms with van der Waals surface area (Å²) in [6, 6.07) is -0.153. The average molecular weight is 255 g/mol. The van der Waals surface area contributed by atoms with Crippen molar-refractivity contribution in [2.75, 3.05) is 6.54 Å². The van der Waals surface area contributed by atoms with Crippen LogP contribution in [0.2, 0.25) is 0 Å². The van der Waals surface area contributed by atoms with Crippen LogP contribution >= 0.6 is 0 Å². The van der Waals surface area contributed by atoms with Crippen molar-refractivity contribution in [1.82, 2.24) is 4.90 Å². The molecule has 6 heteroatoms. The summed E-state index contributed by atoms with van der Waals surface area (Å²) in [6.45, 7) is 3.18. The Morgan fingerprint density at radius 3 is 2.44 bits per heavy atom. The van der Waals surface area contributed by atoms with Gasteiger partial charge in [0.25, 0.3) is 5.91 Å². The Balaban J connectivity index is 2.21. The molecule has 2 rings (SSSR count). The number of nitrogens with zero attached hydrogens (tertiary/aromatic N) is 1. The molecule has 0 unspecified atom stereocenters. The number of carbonyl (C=O) groups is 3. The minimum absolute atomic E-state index is 0.153. The smallest absolute Gasteiger partial charge is 0.303 e. The second-order valence-corrected chi connectivity index (χ2v) is 4.70. The van der Waals surface area contributed by atoms with E-state index in [4.69, 9.17) is 9.47 Å². The summed E-state index contributed by atoms with van der Waals surface area (Å²) in [5.41, 5.74) is 0. The predicted octanol–water partition coefficient (Wildman–Crippen LogP) is 0.244. The van der Waals surface area contributed by atoms with Crippen molar-refractivity contribution in [3.05, 3.63) is 0 Å². The molecule has 2 aliphatic heterocycles. The summed E-state index contributed by atoms with van der Waals surface area (Å²) >= 11 is 0. The number of fused-ring (bicyclic) bond motifs is 1. The number of carbonyl (C=O) groups excluding carboxylic acids is 3. The summed E-state index contributed by atoms with van der Waals surface area (Å²) in [7, 11) is 0. The number of amides is 1. The van der Waals surface area contributed by atoms with E-state index in [9.17, 15) is 14.4 Å². The van der Waals surface area contributed by atoms with Crippen LogP contribution in [0.25, 0.3) is 0 Å². The second-order valence-electron chi connectivity index (χ2n) is 4.70. The van der Waals surface area contributed by atoms with Crippen LogP contribution in [0.1, 0.15) is 33.1 Å². The minimum atomic E-state index is -0.977. The molecule has 2 saturated heterocycles. The highest BCUT2D eigenvalue weighted by atomic mass is 16.6. The second kappa shape index (κ2) is 4.96. The average Bonchev–Trinajstić information content (AvgIpc) is 2.54. The third-order valence-electron chi connectivity index (χ3n) is 3.35. The molecule has 18 heavy (non-hydrogen) atoms. The van der Waals surface area contributed by atoms with E-state index in [1.165, 1.54) is 13.8 Å². The van der Waals surface area contributed by atoms with Crippen molar-refractivity contribution in [1.29, 1.82) is 0 Å². The lowest BCUT2D eigenvalue weighted by molar-refractivity contribution is -0.166. The molecule has 3 atom stereocenters. The van der Waals surface area contributed by atoms with Crippen molar-refractivity contribution < 1.29 is 23.9 Å². The van der Waals surface area contributed by atoms with Crippen molar-refractivity contribution in [3.8, 4) is 0 Å². The zero-order valence-corrected chi connectivity index (χ0v) is 10.5. The third kappa shape index (κ3) is 2.32. The van der Waals surface area contributed by atoms with Gasteiger partial charge >= 0.3 is 11.9 Å². The van der Waals surface area contributed by atoms with E-state index >= 15 is 0 Å². The molecule has 0 aromatic carbocycles. The molecule has 0 saturated carbocycles. The van der Waals surface area contributed by atoms with Gasteiger partial charge in [0, 0.05) is 20.4 Å². The summed E-state index contributed by atoms with van der Waals surface area (Å²) in [5.74, 6) is -1.25. The lowest BCUT2D eigenvalue weighted by atomic mass is 10.00. The Morgan fingerprint density at radius 1 is 1.17 bits per heavy atom. The Kier molecular flexibility index (Phi) is 3.54. The number of esters is 2. The van der Waals surface area contributed by atoms with Gasteiger partial charge < -0.3 is 14.4 Å². The van der Waals surface area contributed by atoms with Gasteiger partial charge in [-0.2, -0.15) is 0 Å². The first-order chi connectivity index (χ1) is 8.50. The first-order valence-corrected chi connectivity index (χ1v) is 6.15. The molecule has 0 radical (unpaired) electrons. The highest BCUT2D eigenvalue weighted by Crippen LogP contribution is 2.32. The van der Waals surface area contributed by atoms with Crippen LogP contribution in [0.4, 0.5) is 0 Å². The van der Waals surface area contributed by atoms with Crippen LogP contribution in [0.15, 0.2) is 0 Å². The van der Waals surface area contributed by atoms with Crippen LogP contribution in [-0.4, -0.2) is 47.5 Å². The van der Waals surface area contributed by atoms with Gasteiger partial charge in [-0.15, -0.1) is 0 Å². The summed E-state index contributed by atoms with van der Waals surface area (Å²) < 4.78 is 10.2. The molecule has 0 aromatic rings. The predicted molar refractivity (Wildman–Crippen MR) is 60.5 cm³/mol. The maximum absolute atomic E-state index is 12.1. The number of piperidine rings is 1. The molecule has 1 amide bonds. The topological polar surface area (TPSA) is 72.9 Å². The number of ether oxygens (including phenoxy) is 2. The van der Waals surface area contributed by atoms with Gasteiger partial charge in [0.15, 0.2) is 6.10 Å². The van der Waals surface area contributed by atoms with Crippen molar-refractivity contribution in [2.24, 2.45) is 0 Å². The largest absolute Gasteiger partial charge is 0.456 e. The van der Waals surface area contributed by atoms with Crippen LogP contribution in [0, 0.1) is 0 Å². The van der Waals surface area contributed by atoms with Gasteiger partial charge in [-0.3, -0.25) is 14.4 Å². The van der Waals surface area contributed by atoms with E-state index < -0.39 is 24.1 Å². The molecule has 2 fully saturated rings. The van der Waals surface area contributed by atoms with E-state index in [1.807, 2.05) is 0 Å². The lowest BCUT2D eigenvalue weighted by Crippen LogP contribution is -2.42. The van der Waals surface area contributed by atoms with Crippen LogP contribution < -0.4 is 0 Å². The Hall–Kier alpha value is -1.59. The normalized spacial score (nSPS) is 30.9. The molecule has 0 N–H and O–H groups in total. The van der Waals surface area contributed by atoms with Crippen molar-refractivity contribution in [3.63, 3.8) is 0 Å². The highest BCUT2D eigenvalue weighted by molar-refractivity contribution is 5.87. The van der Waals surface area contributed by atoms with Crippen LogP contribution in [0.5, 0.6) is 0 Å². The molecular formula is C12H17NO5. The van der Waals surface area contributed by atoms with Gasteiger partial charge in [-0.1, -0.05) is 0 Å². The first-order valence-electron chi connectivity index (χ1n) is 6.15. The Morgan fingerprint density at radius 2 is 1.83 bits per heavy atom. The molecular weight excluding hydrogens is 238 g/mol. The quantitative estimate of drug-likeness (QED) is 0.661.